The number of benzene rings is 1. The monoisotopic (exact) mass is 236 g/mol. The maximum absolute atomic E-state index is 12.0. The first-order valence-electron chi connectivity index (χ1n) is 4.39. The summed E-state index contributed by atoms with van der Waals surface area (Å²) in [6.45, 7) is 1.60. The van der Waals surface area contributed by atoms with Gasteiger partial charge < -0.3 is 5.11 Å². The zero-order chi connectivity index (χ0) is 11.5. The smallest absolute Gasteiger partial charge is 0.393 e. The number of hydrogen-bond donors (Lipinski definition) is 1. The molecule has 0 heterocycles. The van der Waals surface area contributed by atoms with Crippen molar-refractivity contribution in [2.75, 3.05) is 0 Å². The van der Waals surface area contributed by atoms with Crippen molar-refractivity contribution in [1.82, 2.24) is 0 Å². The van der Waals surface area contributed by atoms with Crippen LogP contribution in [-0.2, 0) is 6.42 Å². The maximum atomic E-state index is 12.0. The van der Waals surface area contributed by atoms with Gasteiger partial charge in [-0.3, -0.25) is 0 Å². The minimum absolute atomic E-state index is 0.140. The summed E-state index contributed by atoms with van der Waals surface area (Å²) < 4.78 is 36.1. The highest BCUT2D eigenvalue weighted by Crippen LogP contribution is 2.36. The molecule has 0 fully saturated rings. The van der Waals surface area contributed by atoms with E-state index < -0.39 is 11.6 Å². The van der Waals surface area contributed by atoms with Crippen LogP contribution in [-0.4, -0.2) is 16.7 Å². The number of rotatable bonds is 3. The highest BCUT2D eigenvalue weighted by atomic mass is 32.2. The van der Waals surface area contributed by atoms with Gasteiger partial charge >= 0.3 is 5.51 Å². The van der Waals surface area contributed by atoms with Crippen molar-refractivity contribution < 1.29 is 18.3 Å². The third kappa shape index (κ3) is 5.09. The highest BCUT2D eigenvalue weighted by molar-refractivity contribution is 8.00. The number of aliphatic hydroxyl groups excluding tert-OH is 1. The second-order valence-electron chi connectivity index (χ2n) is 3.25. The molecule has 0 unspecified atom stereocenters. The topological polar surface area (TPSA) is 20.2 Å². The summed E-state index contributed by atoms with van der Waals surface area (Å²) in [5.41, 5.74) is -3.55. The minimum atomic E-state index is -4.26. The summed E-state index contributed by atoms with van der Waals surface area (Å²) >= 11 is -0.140. The molecule has 1 aromatic carbocycles. The summed E-state index contributed by atoms with van der Waals surface area (Å²) in [4.78, 5) is 0.153. The molecule has 5 heteroatoms. The SMILES string of the molecule is C[C@@H](O)Cc1cccc(SC(F)(F)F)c1. The van der Waals surface area contributed by atoms with Crippen LogP contribution in [0, 0.1) is 0 Å². The van der Waals surface area contributed by atoms with E-state index in [1.54, 1.807) is 19.1 Å². The van der Waals surface area contributed by atoms with Gasteiger partial charge in [-0.05, 0) is 42.8 Å². The molecule has 15 heavy (non-hydrogen) atoms. The van der Waals surface area contributed by atoms with Crippen molar-refractivity contribution in [2.24, 2.45) is 0 Å². The fourth-order valence-electron chi connectivity index (χ4n) is 1.21. The predicted molar refractivity (Wildman–Crippen MR) is 53.7 cm³/mol. The lowest BCUT2D eigenvalue weighted by Gasteiger charge is -2.08. The normalized spacial score (nSPS) is 13.9. The molecular weight excluding hydrogens is 225 g/mol. The predicted octanol–water partition coefficient (Wildman–Crippen LogP) is 3.22. The largest absolute Gasteiger partial charge is 0.446 e. The standard InChI is InChI=1S/C10H11F3OS/c1-7(14)5-8-3-2-4-9(6-8)15-10(11,12)13/h2-4,6-7,14H,5H2,1H3/t7-/m1/s1. The summed E-state index contributed by atoms with van der Waals surface area (Å²) in [6.07, 6.45) is -0.178. The van der Waals surface area contributed by atoms with Crippen LogP contribution in [0.25, 0.3) is 0 Å². The van der Waals surface area contributed by atoms with E-state index >= 15 is 0 Å². The average Bonchev–Trinajstić information content (AvgIpc) is 1.99. The van der Waals surface area contributed by atoms with Crippen molar-refractivity contribution >= 4 is 11.8 Å². The molecule has 0 aromatic heterocycles. The Kier molecular flexibility index (Phi) is 4.04. The van der Waals surface area contributed by atoms with E-state index in [4.69, 9.17) is 5.11 Å². The second kappa shape index (κ2) is 4.90. The first kappa shape index (κ1) is 12.4. The maximum Gasteiger partial charge on any atom is 0.446 e. The van der Waals surface area contributed by atoms with Gasteiger partial charge in [0.1, 0.15) is 0 Å². The Morgan fingerprint density at radius 2 is 2.07 bits per heavy atom. The Morgan fingerprint density at radius 3 is 2.60 bits per heavy atom. The van der Waals surface area contributed by atoms with Gasteiger partial charge in [0.25, 0.3) is 0 Å². The molecule has 0 radical (unpaired) electrons. The summed E-state index contributed by atoms with van der Waals surface area (Å²) in [5.74, 6) is 0. The molecule has 0 aliphatic heterocycles. The molecule has 1 N–H and O–H groups in total. The van der Waals surface area contributed by atoms with E-state index in [2.05, 4.69) is 0 Å². The van der Waals surface area contributed by atoms with E-state index in [-0.39, 0.29) is 16.7 Å². The zero-order valence-electron chi connectivity index (χ0n) is 8.08. The summed E-state index contributed by atoms with van der Waals surface area (Å²) in [7, 11) is 0. The van der Waals surface area contributed by atoms with Gasteiger partial charge in [-0.1, -0.05) is 12.1 Å². The van der Waals surface area contributed by atoms with E-state index in [0.717, 1.165) is 0 Å². The molecule has 0 spiro atoms. The van der Waals surface area contributed by atoms with Crippen LogP contribution in [0.1, 0.15) is 12.5 Å². The van der Waals surface area contributed by atoms with Crippen LogP contribution in [0.2, 0.25) is 0 Å². The van der Waals surface area contributed by atoms with Crippen LogP contribution in [0.3, 0.4) is 0 Å². The quantitative estimate of drug-likeness (QED) is 0.813. The Morgan fingerprint density at radius 1 is 1.40 bits per heavy atom. The molecule has 1 aromatic rings. The molecule has 0 bridgehead atoms. The number of hydrogen-bond acceptors (Lipinski definition) is 2. The van der Waals surface area contributed by atoms with Gasteiger partial charge in [0, 0.05) is 4.90 Å². The highest BCUT2D eigenvalue weighted by Gasteiger charge is 2.29. The van der Waals surface area contributed by atoms with Gasteiger partial charge in [-0.2, -0.15) is 13.2 Å². The fourth-order valence-corrected chi connectivity index (χ4v) is 1.83. The first-order chi connectivity index (χ1) is 6.87. The lowest BCUT2D eigenvalue weighted by Crippen LogP contribution is -2.04. The molecule has 1 nitrogen and oxygen atoms in total. The average molecular weight is 236 g/mol. The van der Waals surface area contributed by atoms with Gasteiger partial charge in [-0.15, -0.1) is 0 Å². The molecule has 0 aliphatic rings. The zero-order valence-corrected chi connectivity index (χ0v) is 8.90. The first-order valence-corrected chi connectivity index (χ1v) is 5.21. The van der Waals surface area contributed by atoms with Crippen molar-refractivity contribution in [1.29, 1.82) is 0 Å². The van der Waals surface area contributed by atoms with Crippen molar-refractivity contribution in [3.05, 3.63) is 29.8 Å². The Bertz CT molecular complexity index is 323. The lowest BCUT2D eigenvalue weighted by molar-refractivity contribution is -0.0328. The van der Waals surface area contributed by atoms with Crippen LogP contribution in [0.4, 0.5) is 13.2 Å². The van der Waals surface area contributed by atoms with Crippen molar-refractivity contribution in [2.45, 2.75) is 29.9 Å². The van der Waals surface area contributed by atoms with Crippen LogP contribution < -0.4 is 0 Å². The number of alkyl halides is 3. The van der Waals surface area contributed by atoms with Crippen LogP contribution >= 0.6 is 11.8 Å². The molecule has 0 amide bonds. The van der Waals surface area contributed by atoms with Gasteiger partial charge in [0.15, 0.2) is 0 Å². The van der Waals surface area contributed by atoms with Crippen LogP contribution in [0.5, 0.6) is 0 Å². The number of aliphatic hydroxyl groups is 1. The van der Waals surface area contributed by atoms with Gasteiger partial charge in [-0.25, -0.2) is 0 Å². The van der Waals surface area contributed by atoms with Gasteiger partial charge in [0.05, 0.1) is 6.10 Å². The molecular formula is C10H11F3OS. The number of thioether (sulfide) groups is 1. The van der Waals surface area contributed by atoms with Crippen molar-refractivity contribution in [3.63, 3.8) is 0 Å². The van der Waals surface area contributed by atoms with Gasteiger partial charge in [0.2, 0.25) is 0 Å². The summed E-state index contributed by atoms with van der Waals surface area (Å²) in [6, 6.07) is 6.12. The Balaban J connectivity index is 2.74. The third-order valence-corrected chi connectivity index (χ3v) is 2.38. The Labute approximate surface area is 90.3 Å². The second-order valence-corrected chi connectivity index (χ2v) is 4.39. The molecule has 0 saturated carbocycles. The molecule has 0 aliphatic carbocycles. The molecule has 84 valence electrons. The lowest BCUT2D eigenvalue weighted by atomic mass is 10.1. The minimum Gasteiger partial charge on any atom is -0.393 e. The molecule has 0 saturated heterocycles. The fraction of sp³-hybridized carbons (Fsp3) is 0.400. The van der Waals surface area contributed by atoms with E-state index in [1.807, 2.05) is 0 Å². The Hall–Kier alpha value is -0.680. The summed E-state index contributed by atoms with van der Waals surface area (Å²) in [5, 5.41) is 9.10. The van der Waals surface area contributed by atoms with E-state index in [1.165, 1.54) is 12.1 Å². The van der Waals surface area contributed by atoms with Crippen LogP contribution in [0.15, 0.2) is 29.2 Å². The molecule has 1 atom stereocenters. The van der Waals surface area contributed by atoms with Crippen molar-refractivity contribution in [3.8, 4) is 0 Å². The molecule has 1 rings (SSSR count). The van der Waals surface area contributed by atoms with E-state index in [0.29, 0.717) is 12.0 Å². The third-order valence-electron chi connectivity index (χ3n) is 1.66. The van der Waals surface area contributed by atoms with E-state index in [9.17, 15) is 13.2 Å². The number of halogens is 3.